The van der Waals surface area contributed by atoms with Gasteiger partial charge in [0.2, 0.25) is 0 Å². The highest BCUT2D eigenvalue weighted by molar-refractivity contribution is 6.03. The zero-order valence-corrected chi connectivity index (χ0v) is 12.8. The minimum absolute atomic E-state index is 0.00944. The number of carbonyl (C=O) groups is 2. The van der Waals surface area contributed by atoms with Crippen LogP contribution in [0.15, 0.2) is 18.2 Å². The van der Waals surface area contributed by atoms with Crippen LogP contribution in [-0.4, -0.2) is 57.5 Å². The van der Waals surface area contributed by atoms with Crippen molar-refractivity contribution in [3.05, 3.63) is 39.4 Å². The molecule has 0 N–H and O–H groups in total. The minimum atomic E-state index is -0.871. The van der Waals surface area contributed by atoms with Crippen molar-refractivity contribution in [3.63, 3.8) is 0 Å². The van der Waals surface area contributed by atoms with Crippen LogP contribution in [0.2, 0.25) is 0 Å². The lowest BCUT2D eigenvalue weighted by molar-refractivity contribution is -0.384. The molecule has 0 atom stereocenters. The van der Waals surface area contributed by atoms with Gasteiger partial charge in [0.25, 0.3) is 5.69 Å². The lowest BCUT2D eigenvalue weighted by atomic mass is 10.1. The van der Waals surface area contributed by atoms with Crippen molar-refractivity contribution in [2.45, 2.75) is 0 Å². The summed E-state index contributed by atoms with van der Waals surface area (Å²) in [6.45, 7) is 0.293. The smallest absolute Gasteiger partial charge is 0.339 e. The largest absolute Gasteiger partial charge is 0.460 e. The zero-order valence-electron chi connectivity index (χ0n) is 12.8. The van der Waals surface area contributed by atoms with Crippen molar-refractivity contribution in [1.29, 1.82) is 0 Å². The Balaban J connectivity index is 3.01. The molecule has 0 aliphatic carbocycles. The molecule has 0 amide bonds. The number of hydrogen-bond acceptors (Lipinski definition) is 8. The molecule has 0 aliphatic rings. The predicted octanol–water partition coefficient (Wildman–Crippen LogP) is 1.20. The fraction of sp³-hybridized carbons (Fsp3) is 0.429. The van der Waals surface area contributed by atoms with Crippen molar-refractivity contribution in [3.8, 4) is 0 Å². The predicted molar refractivity (Wildman–Crippen MR) is 77.4 cm³/mol. The van der Waals surface area contributed by atoms with Gasteiger partial charge in [-0.15, -0.1) is 0 Å². The number of esters is 2. The molecule has 0 fully saturated rings. The van der Waals surface area contributed by atoms with Crippen LogP contribution in [0.1, 0.15) is 20.7 Å². The fourth-order valence-corrected chi connectivity index (χ4v) is 1.58. The molecule has 0 spiro atoms. The molecule has 1 aromatic carbocycles. The third kappa shape index (κ3) is 5.64. The van der Waals surface area contributed by atoms with E-state index >= 15 is 0 Å². The van der Waals surface area contributed by atoms with Crippen LogP contribution in [-0.2, 0) is 18.9 Å². The van der Waals surface area contributed by atoms with Crippen LogP contribution >= 0.6 is 0 Å². The molecule has 1 rings (SSSR count). The third-order valence-electron chi connectivity index (χ3n) is 2.70. The number of methoxy groups -OCH3 is 2. The Kier molecular flexibility index (Phi) is 7.64. The number of non-ortho nitro benzene ring substituents is 1. The second-order valence-corrected chi connectivity index (χ2v) is 4.24. The Morgan fingerprint density at radius 1 is 0.957 bits per heavy atom. The Hall–Kier alpha value is -2.52. The first kappa shape index (κ1) is 18.5. The Morgan fingerprint density at radius 2 is 1.48 bits per heavy atom. The molecule has 23 heavy (non-hydrogen) atoms. The van der Waals surface area contributed by atoms with Crippen LogP contribution < -0.4 is 0 Å². The van der Waals surface area contributed by atoms with Gasteiger partial charge in [0.1, 0.15) is 13.2 Å². The third-order valence-corrected chi connectivity index (χ3v) is 2.70. The molecular weight excluding hydrogens is 310 g/mol. The number of hydrogen-bond donors (Lipinski definition) is 0. The highest BCUT2D eigenvalue weighted by Gasteiger charge is 2.23. The normalized spacial score (nSPS) is 10.2. The standard InChI is InChI=1S/C14H17NO8/c1-20-5-7-22-13(16)11-4-3-10(15(18)19)9-12(11)14(17)23-8-6-21-2/h3-4,9H,5-8H2,1-2H3. The van der Waals surface area contributed by atoms with Crippen molar-refractivity contribution < 1.29 is 33.5 Å². The first-order chi connectivity index (χ1) is 11.0. The summed E-state index contributed by atoms with van der Waals surface area (Å²) in [7, 11) is 2.87. The molecule has 126 valence electrons. The summed E-state index contributed by atoms with van der Waals surface area (Å²) >= 11 is 0. The highest BCUT2D eigenvalue weighted by Crippen LogP contribution is 2.20. The van der Waals surface area contributed by atoms with E-state index in [2.05, 4.69) is 0 Å². The van der Waals surface area contributed by atoms with E-state index in [1.807, 2.05) is 0 Å². The van der Waals surface area contributed by atoms with E-state index in [1.54, 1.807) is 0 Å². The van der Waals surface area contributed by atoms with Gasteiger partial charge in [-0.1, -0.05) is 0 Å². The second kappa shape index (κ2) is 9.49. The van der Waals surface area contributed by atoms with E-state index in [0.717, 1.165) is 18.2 Å². The fourth-order valence-electron chi connectivity index (χ4n) is 1.58. The molecule has 9 heteroatoms. The van der Waals surface area contributed by atoms with E-state index in [9.17, 15) is 19.7 Å². The Morgan fingerprint density at radius 3 is 1.96 bits per heavy atom. The summed E-state index contributed by atoms with van der Waals surface area (Å²) in [5.41, 5.74) is -0.691. The molecule has 0 radical (unpaired) electrons. The van der Waals surface area contributed by atoms with Gasteiger partial charge in [-0.05, 0) is 6.07 Å². The summed E-state index contributed by atoms with van der Waals surface area (Å²) in [5, 5.41) is 10.8. The number of nitro groups is 1. The monoisotopic (exact) mass is 327 g/mol. The van der Waals surface area contributed by atoms with Crippen molar-refractivity contribution in [1.82, 2.24) is 0 Å². The number of ether oxygens (including phenoxy) is 4. The zero-order chi connectivity index (χ0) is 17.2. The van der Waals surface area contributed by atoms with Gasteiger partial charge in [0.05, 0.1) is 29.3 Å². The maximum absolute atomic E-state index is 12.0. The van der Waals surface area contributed by atoms with Crippen LogP contribution in [0.4, 0.5) is 5.69 Å². The summed E-state index contributed by atoms with van der Waals surface area (Å²) in [5.74, 6) is -1.67. The summed E-state index contributed by atoms with van der Waals surface area (Å²) in [6, 6.07) is 3.24. The van der Waals surface area contributed by atoms with Gasteiger partial charge in [0, 0.05) is 26.4 Å². The van der Waals surface area contributed by atoms with E-state index in [0.29, 0.717) is 0 Å². The van der Waals surface area contributed by atoms with Crippen molar-refractivity contribution in [2.75, 3.05) is 40.6 Å². The van der Waals surface area contributed by atoms with Gasteiger partial charge in [0.15, 0.2) is 0 Å². The molecule has 0 heterocycles. The maximum Gasteiger partial charge on any atom is 0.339 e. The molecule has 0 unspecified atom stereocenters. The van der Waals surface area contributed by atoms with Crippen molar-refractivity contribution >= 4 is 17.6 Å². The molecule has 0 aromatic heterocycles. The Bertz CT molecular complexity index is 572. The number of nitrogens with zero attached hydrogens (tertiary/aromatic N) is 1. The quantitative estimate of drug-likeness (QED) is 0.288. The van der Waals surface area contributed by atoms with Crippen LogP contribution in [0.5, 0.6) is 0 Å². The molecular formula is C14H17NO8. The first-order valence-electron chi connectivity index (χ1n) is 6.61. The average Bonchev–Trinajstić information content (AvgIpc) is 2.54. The first-order valence-corrected chi connectivity index (χ1v) is 6.61. The van der Waals surface area contributed by atoms with Gasteiger partial charge < -0.3 is 18.9 Å². The van der Waals surface area contributed by atoms with Crippen LogP contribution in [0, 0.1) is 10.1 Å². The van der Waals surface area contributed by atoms with Gasteiger partial charge >= 0.3 is 11.9 Å². The SMILES string of the molecule is COCCOC(=O)c1ccc([N+](=O)[O-])cc1C(=O)OCCOC. The Labute approximate surface area is 132 Å². The van der Waals surface area contributed by atoms with Gasteiger partial charge in [-0.25, -0.2) is 9.59 Å². The van der Waals surface area contributed by atoms with E-state index in [4.69, 9.17) is 18.9 Å². The summed E-state index contributed by atoms with van der Waals surface area (Å²) < 4.78 is 19.3. The maximum atomic E-state index is 12.0. The lowest BCUT2D eigenvalue weighted by Crippen LogP contribution is -2.17. The number of carbonyl (C=O) groups excluding carboxylic acids is 2. The second-order valence-electron chi connectivity index (χ2n) is 4.24. The molecule has 9 nitrogen and oxygen atoms in total. The van der Waals surface area contributed by atoms with Crippen LogP contribution in [0.3, 0.4) is 0 Å². The van der Waals surface area contributed by atoms with Crippen molar-refractivity contribution in [2.24, 2.45) is 0 Å². The van der Waals surface area contributed by atoms with Crippen LogP contribution in [0.25, 0.3) is 0 Å². The number of nitro benzene ring substituents is 1. The number of benzene rings is 1. The average molecular weight is 327 g/mol. The summed E-state index contributed by atoms with van der Waals surface area (Å²) in [4.78, 5) is 34.1. The summed E-state index contributed by atoms with van der Waals surface area (Å²) in [6.07, 6.45) is 0. The van der Waals surface area contributed by atoms with E-state index < -0.39 is 16.9 Å². The lowest BCUT2D eigenvalue weighted by Gasteiger charge is -2.09. The minimum Gasteiger partial charge on any atom is -0.460 e. The van der Waals surface area contributed by atoms with Gasteiger partial charge in [-0.2, -0.15) is 0 Å². The molecule has 0 bridgehead atoms. The van der Waals surface area contributed by atoms with Gasteiger partial charge in [-0.3, -0.25) is 10.1 Å². The molecule has 0 aliphatic heterocycles. The molecule has 0 saturated heterocycles. The van der Waals surface area contributed by atoms with E-state index in [1.165, 1.54) is 14.2 Å². The topological polar surface area (TPSA) is 114 Å². The number of rotatable bonds is 9. The molecule has 1 aromatic rings. The van der Waals surface area contributed by atoms with E-state index in [-0.39, 0.29) is 43.2 Å². The molecule has 0 saturated carbocycles. The highest BCUT2D eigenvalue weighted by atomic mass is 16.6.